The number of ketones is 1. The first-order valence-electron chi connectivity index (χ1n) is 10.3. The van der Waals surface area contributed by atoms with Gasteiger partial charge in [-0.25, -0.2) is 0 Å². The van der Waals surface area contributed by atoms with Crippen molar-refractivity contribution in [3.8, 4) is 11.5 Å². The van der Waals surface area contributed by atoms with Crippen LogP contribution in [-0.4, -0.2) is 28.9 Å². The van der Waals surface area contributed by atoms with Gasteiger partial charge in [0.15, 0.2) is 5.76 Å². The molecule has 0 aromatic heterocycles. The standard InChI is InChI=1S/C25H29NO3/c1-4-14-26(15-5-2)17-20-21(27)16-18(3)23-24(28)22(29-25(20)23)13-9-12-19-10-7-6-8-11-19/h6-13,16,27H,4-5,14-15,17H2,1-3H3/b12-9+,22-13-. The van der Waals surface area contributed by atoms with E-state index >= 15 is 0 Å². The van der Waals surface area contributed by atoms with Crippen LogP contribution >= 0.6 is 0 Å². The van der Waals surface area contributed by atoms with Crippen molar-refractivity contribution in [1.29, 1.82) is 0 Å². The highest BCUT2D eigenvalue weighted by molar-refractivity contribution is 6.13. The molecule has 4 heteroatoms. The Kier molecular flexibility index (Phi) is 6.89. The Morgan fingerprint density at radius 1 is 1.10 bits per heavy atom. The summed E-state index contributed by atoms with van der Waals surface area (Å²) in [5, 5.41) is 10.6. The van der Waals surface area contributed by atoms with E-state index in [4.69, 9.17) is 4.74 Å². The number of rotatable bonds is 8. The van der Waals surface area contributed by atoms with E-state index in [0.717, 1.165) is 37.1 Å². The molecule has 0 bridgehead atoms. The van der Waals surface area contributed by atoms with Crippen LogP contribution in [-0.2, 0) is 6.54 Å². The van der Waals surface area contributed by atoms with Crippen LogP contribution in [0.4, 0.5) is 0 Å². The van der Waals surface area contributed by atoms with Crippen molar-refractivity contribution in [2.75, 3.05) is 13.1 Å². The summed E-state index contributed by atoms with van der Waals surface area (Å²) in [4.78, 5) is 15.2. The van der Waals surface area contributed by atoms with Gasteiger partial charge in [0.2, 0.25) is 5.78 Å². The van der Waals surface area contributed by atoms with E-state index in [2.05, 4.69) is 18.7 Å². The molecule has 1 heterocycles. The van der Waals surface area contributed by atoms with Crippen LogP contribution in [0.2, 0.25) is 0 Å². The number of Topliss-reactive ketones (excluding diaryl/α,β-unsaturated/α-hetero) is 1. The molecule has 0 radical (unpaired) electrons. The van der Waals surface area contributed by atoms with E-state index in [0.29, 0.717) is 29.2 Å². The molecule has 29 heavy (non-hydrogen) atoms. The van der Waals surface area contributed by atoms with E-state index in [1.54, 1.807) is 12.1 Å². The molecule has 1 aliphatic heterocycles. The molecule has 0 aliphatic carbocycles. The van der Waals surface area contributed by atoms with Crippen molar-refractivity contribution in [3.05, 3.63) is 76.6 Å². The molecule has 1 aliphatic rings. The lowest BCUT2D eigenvalue weighted by atomic mass is 9.99. The monoisotopic (exact) mass is 391 g/mol. The van der Waals surface area contributed by atoms with Crippen LogP contribution in [0.15, 0.2) is 54.3 Å². The molecule has 0 unspecified atom stereocenters. The summed E-state index contributed by atoms with van der Waals surface area (Å²) in [6.07, 6.45) is 7.52. The molecule has 0 atom stereocenters. The van der Waals surface area contributed by atoms with Crippen LogP contribution in [0.25, 0.3) is 6.08 Å². The lowest BCUT2D eigenvalue weighted by Gasteiger charge is -2.22. The number of aromatic hydroxyl groups is 1. The van der Waals surface area contributed by atoms with Gasteiger partial charge < -0.3 is 9.84 Å². The Hall–Kier alpha value is -2.85. The van der Waals surface area contributed by atoms with Gasteiger partial charge in [-0.2, -0.15) is 0 Å². The van der Waals surface area contributed by atoms with E-state index in [9.17, 15) is 9.90 Å². The molecular formula is C25H29NO3. The zero-order chi connectivity index (χ0) is 20.8. The molecule has 1 N–H and O–H groups in total. The fourth-order valence-electron chi connectivity index (χ4n) is 3.68. The van der Waals surface area contributed by atoms with Gasteiger partial charge in [-0.15, -0.1) is 0 Å². The summed E-state index contributed by atoms with van der Waals surface area (Å²) < 4.78 is 5.98. The van der Waals surface area contributed by atoms with Gasteiger partial charge in [0.1, 0.15) is 11.5 Å². The van der Waals surface area contributed by atoms with Crippen molar-refractivity contribution in [3.63, 3.8) is 0 Å². The third kappa shape index (κ3) is 4.77. The van der Waals surface area contributed by atoms with Crippen LogP contribution in [0.1, 0.15) is 53.7 Å². The molecule has 0 saturated carbocycles. The van der Waals surface area contributed by atoms with Crippen molar-refractivity contribution < 1.29 is 14.6 Å². The molecule has 2 aromatic rings. The first-order chi connectivity index (χ1) is 14.0. The van der Waals surface area contributed by atoms with E-state index < -0.39 is 0 Å². The summed E-state index contributed by atoms with van der Waals surface area (Å²) in [6, 6.07) is 11.6. The molecule has 4 nitrogen and oxygen atoms in total. The number of carbonyl (C=O) groups excluding carboxylic acids is 1. The Bertz CT molecular complexity index is 923. The maximum atomic E-state index is 12.9. The third-order valence-electron chi connectivity index (χ3n) is 5.02. The predicted octanol–water partition coefficient (Wildman–Crippen LogP) is 5.50. The third-order valence-corrected chi connectivity index (χ3v) is 5.02. The zero-order valence-corrected chi connectivity index (χ0v) is 17.4. The topological polar surface area (TPSA) is 49.8 Å². The molecule has 2 aromatic carbocycles. The minimum atomic E-state index is -0.131. The molecule has 0 amide bonds. The summed E-state index contributed by atoms with van der Waals surface area (Å²) in [5.41, 5.74) is 3.04. The maximum absolute atomic E-state index is 12.9. The predicted molar refractivity (Wildman–Crippen MR) is 117 cm³/mol. The highest BCUT2D eigenvalue weighted by atomic mass is 16.5. The normalized spacial score (nSPS) is 14.8. The number of phenolic OH excluding ortho intramolecular Hbond substituents is 1. The van der Waals surface area contributed by atoms with Gasteiger partial charge in [-0.1, -0.05) is 56.3 Å². The number of fused-ring (bicyclic) bond motifs is 1. The maximum Gasteiger partial charge on any atom is 0.232 e. The molecule has 0 fully saturated rings. The Morgan fingerprint density at radius 2 is 1.79 bits per heavy atom. The Balaban J connectivity index is 1.90. The molecule has 3 rings (SSSR count). The molecular weight excluding hydrogens is 362 g/mol. The highest BCUT2D eigenvalue weighted by Gasteiger charge is 2.33. The van der Waals surface area contributed by atoms with Crippen LogP contribution in [0.5, 0.6) is 11.5 Å². The zero-order valence-electron chi connectivity index (χ0n) is 17.4. The number of benzene rings is 2. The second-order valence-corrected chi connectivity index (χ2v) is 7.40. The number of allylic oxidation sites excluding steroid dienone is 3. The minimum absolute atomic E-state index is 0.131. The highest BCUT2D eigenvalue weighted by Crippen LogP contribution is 2.42. The number of hydrogen-bond acceptors (Lipinski definition) is 4. The number of nitrogens with zero attached hydrogens (tertiary/aromatic N) is 1. The summed E-state index contributed by atoms with van der Waals surface area (Å²) in [7, 11) is 0. The number of aryl methyl sites for hydroxylation is 1. The number of hydrogen-bond donors (Lipinski definition) is 1. The lowest BCUT2D eigenvalue weighted by molar-refractivity contribution is 0.101. The number of phenols is 1. The average molecular weight is 392 g/mol. The quantitative estimate of drug-likeness (QED) is 0.604. The number of ether oxygens (including phenoxy) is 1. The fraction of sp³-hybridized carbons (Fsp3) is 0.320. The lowest BCUT2D eigenvalue weighted by Crippen LogP contribution is -2.25. The first-order valence-corrected chi connectivity index (χ1v) is 10.3. The first kappa shape index (κ1) is 20.9. The fourth-order valence-corrected chi connectivity index (χ4v) is 3.68. The van der Waals surface area contributed by atoms with Gasteiger partial charge in [-0.3, -0.25) is 9.69 Å². The second-order valence-electron chi connectivity index (χ2n) is 7.40. The second kappa shape index (κ2) is 9.57. The van der Waals surface area contributed by atoms with Crippen molar-refractivity contribution in [1.82, 2.24) is 4.90 Å². The van der Waals surface area contributed by atoms with Crippen LogP contribution < -0.4 is 4.74 Å². The average Bonchev–Trinajstić information content (AvgIpc) is 3.03. The van der Waals surface area contributed by atoms with E-state index in [1.165, 1.54) is 0 Å². The van der Waals surface area contributed by atoms with Gasteiger partial charge in [-0.05, 0) is 56.1 Å². The smallest absolute Gasteiger partial charge is 0.232 e. The van der Waals surface area contributed by atoms with Crippen LogP contribution in [0, 0.1) is 6.92 Å². The van der Waals surface area contributed by atoms with Gasteiger partial charge in [0.25, 0.3) is 0 Å². The van der Waals surface area contributed by atoms with E-state index in [-0.39, 0.29) is 11.5 Å². The van der Waals surface area contributed by atoms with Gasteiger partial charge in [0.05, 0.1) is 11.1 Å². The molecule has 152 valence electrons. The molecule has 0 spiro atoms. The summed E-state index contributed by atoms with van der Waals surface area (Å²) >= 11 is 0. The molecule has 0 saturated heterocycles. The van der Waals surface area contributed by atoms with Crippen molar-refractivity contribution in [2.24, 2.45) is 0 Å². The van der Waals surface area contributed by atoms with Gasteiger partial charge >= 0.3 is 0 Å². The van der Waals surface area contributed by atoms with Gasteiger partial charge in [0, 0.05) is 6.54 Å². The summed E-state index contributed by atoms with van der Waals surface area (Å²) in [6.45, 7) is 8.56. The SMILES string of the molecule is CCCN(CCC)Cc1c(O)cc(C)c2c1O/C(=C\C=C\c1ccccc1)C2=O. The minimum Gasteiger partial charge on any atom is -0.507 e. The summed E-state index contributed by atoms with van der Waals surface area (Å²) in [5.74, 6) is 0.852. The Morgan fingerprint density at radius 3 is 2.45 bits per heavy atom. The van der Waals surface area contributed by atoms with E-state index in [1.807, 2.05) is 49.4 Å². The van der Waals surface area contributed by atoms with Crippen molar-refractivity contribution in [2.45, 2.75) is 40.2 Å². The van der Waals surface area contributed by atoms with Crippen molar-refractivity contribution >= 4 is 11.9 Å². The van der Waals surface area contributed by atoms with Crippen LogP contribution in [0.3, 0.4) is 0 Å². The number of carbonyl (C=O) groups is 1. The Labute approximate surface area is 173 Å². The largest absolute Gasteiger partial charge is 0.507 e.